The molecule has 1 aliphatic carbocycles. The van der Waals surface area contributed by atoms with Crippen LogP contribution < -0.4 is 15.8 Å². The molecule has 0 bridgehead atoms. The highest BCUT2D eigenvalue weighted by atomic mass is 16.5. The van der Waals surface area contributed by atoms with Crippen LogP contribution in [0.2, 0.25) is 0 Å². The molecule has 11 nitrogen and oxygen atoms in total. The maximum Gasteiger partial charge on any atom is 0.302 e. The maximum atomic E-state index is 14.2. The normalized spacial score (nSPS) is 15.7. The third kappa shape index (κ3) is 5.51. The van der Waals surface area contributed by atoms with Crippen LogP contribution in [0.1, 0.15) is 66.4 Å². The predicted octanol–water partition coefficient (Wildman–Crippen LogP) is 2.97. The summed E-state index contributed by atoms with van der Waals surface area (Å²) in [7, 11) is 0. The Morgan fingerprint density at radius 1 is 0.935 bits per heavy atom. The number of benzene rings is 3. The Morgan fingerprint density at radius 2 is 1.57 bits per heavy atom. The molecule has 1 aliphatic heterocycles. The zero-order chi connectivity index (χ0) is 32.4. The average Bonchev–Trinajstić information content (AvgIpc) is 3.23. The fraction of sp³-hybridized carbons (Fsp3) is 0.229. The van der Waals surface area contributed by atoms with Crippen LogP contribution in [0.3, 0.4) is 0 Å². The number of hydrogen-bond donors (Lipinski definition) is 2. The summed E-state index contributed by atoms with van der Waals surface area (Å²) in [5.41, 5.74) is 3.49. The lowest BCUT2D eigenvalue weighted by Crippen LogP contribution is -2.66. The van der Waals surface area contributed by atoms with Gasteiger partial charge in [0.25, 0.3) is 11.8 Å². The van der Waals surface area contributed by atoms with Crippen molar-refractivity contribution in [3.8, 4) is 5.75 Å². The molecule has 0 radical (unpaired) electrons. The number of aromatic hydroxyl groups is 1. The van der Waals surface area contributed by atoms with E-state index in [1.807, 2.05) is 41.4 Å². The molecule has 2 N–H and O–H groups in total. The van der Waals surface area contributed by atoms with Gasteiger partial charge in [-0.3, -0.25) is 33.7 Å². The third-order valence-electron chi connectivity index (χ3n) is 8.47. The van der Waals surface area contributed by atoms with Gasteiger partial charge in [0.05, 0.1) is 19.1 Å². The number of aryl methyl sites for hydroxylation is 2. The lowest BCUT2D eigenvalue weighted by molar-refractivity contribution is -0.141. The fourth-order valence-electron chi connectivity index (χ4n) is 6.37. The number of carbonyl (C=O) groups excluding carboxylic acids is 4. The number of rotatable bonds is 8. The number of aromatic nitrogens is 1. The first-order valence-corrected chi connectivity index (χ1v) is 15.0. The quantitative estimate of drug-likeness (QED) is 0.227. The van der Waals surface area contributed by atoms with Gasteiger partial charge in [-0.15, -0.1) is 0 Å². The molecule has 234 valence electrons. The van der Waals surface area contributed by atoms with Crippen molar-refractivity contribution in [1.29, 1.82) is 0 Å². The smallest absolute Gasteiger partial charge is 0.302 e. The van der Waals surface area contributed by atoms with Crippen LogP contribution >= 0.6 is 0 Å². The largest absolute Gasteiger partial charge is 0.502 e. The Labute approximate surface area is 264 Å². The van der Waals surface area contributed by atoms with Gasteiger partial charge in [-0.1, -0.05) is 66.7 Å². The van der Waals surface area contributed by atoms with Crippen LogP contribution in [0.5, 0.6) is 5.75 Å². The zero-order valence-electron chi connectivity index (χ0n) is 25.1. The SMILES string of the molecule is CC(=O)OCCN1C(=O)c2c(O)c(=O)ccn2N(C2c3ccccc3CCc3ccccc32)C1CNC(=O)c1ccccc1C=O. The summed E-state index contributed by atoms with van der Waals surface area (Å²) in [6, 6.07) is 23.0. The summed E-state index contributed by atoms with van der Waals surface area (Å²) in [4.78, 5) is 65.1. The molecule has 3 aromatic carbocycles. The van der Waals surface area contributed by atoms with Crippen molar-refractivity contribution in [2.45, 2.75) is 32.0 Å². The van der Waals surface area contributed by atoms with E-state index in [4.69, 9.17) is 4.74 Å². The molecule has 0 saturated carbocycles. The van der Waals surface area contributed by atoms with Crippen LogP contribution in [0.15, 0.2) is 89.9 Å². The second-order valence-electron chi connectivity index (χ2n) is 11.1. The lowest BCUT2D eigenvalue weighted by Gasteiger charge is -2.50. The van der Waals surface area contributed by atoms with Crippen molar-refractivity contribution < 1.29 is 29.0 Å². The van der Waals surface area contributed by atoms with Gasteiger partial charge in [0, 0.05) is 30.3 Å². The second-order valence-corrected chi connectivity index (χ2v) is 11.1. The molecule has 6 rings (SSSR count). The van der Waals surface area contributed by atoms with Gasteiger partial charge < -0.3 is 20.1 Å². The van der Waals surface area contributed by atoms with Crippen LogP contribution in [0.4, 0.5) is 0 Å². The molecule has 1 aromatic heterocycles. The van der Waals surface area contributed by atoms with E-state index in [0.717, 1.165) is 35.1 Å². The molecule has 0 spiro atoms. The first-order chi connectivity index (χ1) is 22.3. The van der Waals surface area contributed by atoms with E-state index in [1.54, 1.807) is 18.2 Å². The number of nitrogens with zero attached hydrogens (tertiary/aromatic N) is 3. The molecule has 2 heterocycles. The van der Waals surface area contributed by atoms with E-state index in [1.165, 1.54) is 34.8 Å². The number of esters is 1. The number of fused-ring (bicyclic) bond motifs is 3. The molecule has 4 aromatic rings. The summed E-state index contributed by atoms with van der Waals surface area (Å²) >= 11 is 0. The topological polar surface area (TPSA) is 138 Å². The highest BCUT2D eigenvalue weighted by molar-refractivity contribution is 6.01. The first kappa shape index (κ1) is 30.3. The number of amides is 2. The second kappa shape index (κ2) is 12.7. The maximum absolute atomic E-state index is 14.2. The van der Waals surface area contributed by atoms with Crippen molar-refractivity contribution in [2.24, 2.45) is 0 Å². The highest BCUT2D eigenvalue weighted by Crippen LogP contribution is 2.39. The fourth-order valence-corrected chi connectivity index (χ4v) is 6.37. The Bertz CT molecular complexity index is 1850. The van der Waals surface area contributed by atoms with E-state index in [0.29, 0.717) is 6.29 Å². The molecule has 0 saturated heterocycles. The van der Waals surface area contributed by atoms with Gasteiger partial charge in [0.2, 0.25) is 5.43 Å². The number of hydrogen-bond acceptors (Lipinski definition) is 8. The molecule has 1 unspecified atom stereocenters. The molecular formula is C35H32N4O7. The Balaban J connectivity index is 1.54. The van der Waals surface area contributed by atoms with Gasteiger partial charge in [-0.05, 0) is 41.2 Å². The van der Waals surface area contributed by atoms with Gasteiger partial charge in [0.15, 0.2) is 17.7 Å². The van der Waals surface area contributed by atoms with Gasteiger partial charge >= 0.3 is 5.97 Å². The van der Waals surface area contributed by atoms with E-state index >= 15 is 0 Å². The molecule has 0 fully saturated rings. The molecule has 1 atom stereocenters. The van der Waals surface area contributed by atoms with E-state index in [9.17, 15) is 29.1 Å². The predicted molar refractivity (Wildman–Crippen MR) is 168 cm³/mol. The average molecular weight is 621 g/mol. The molecule has 46 heavy (non-hydrogen) atoms. The number of aldehydes is 1. The van der Waals surface area contributed by atoms with Gasteiger partial charge in [0.1, 0.15) is 12.8 Å². The van der Waals surface area contributed by atoms with Crippen LogP contribution in [-0.4, -0.2) is 64.6 Å². The number of nitrogens with one attached hydrogen (secondary N) is 1. The minimum atomic E-state index is -0.908. The minimum absolute atomic E-state index is 0.0983. The Hall–Kier alpha value is -5.71. The summed E-state index contributed by atoms with van der Waals surface area (Å²) < 4.78 is 6.70. The standard InChI is InChI=1S/C35H32N4O7/c1-22(41)46-19-18-37-30(20-36-34(44)28-13-7-4-10-25(28)21-40)39(38-17-16-29(42)33(43)32(38)35(37)45)31-26-11-5-2-8-23(26)14-15-24-9-3-6-12-27(24)31/h2-13,16-17,21,30-31,43H,14-15,18-20H2,1H3,(H,36,44). The van der Waals surface area contributed by atoms with E-state index in [-0.39, 0.29) is 36.5 Å². The lowest BCUT2D eigenvalue weighted by atomic mass is 9.93. The summed E-state index contributed by atoms with van der Waals surface area (Å²) in [5, 5.41) is 15.8. The van der Waals surface area contributed by atoms with E-state index in [2.05, 4.69) is 17.4 Å². The Kier molecular flexibility index (Phi) is 8.39. The number of ether oxygens (including phenoxy) is 1. The summed E-state index contributed by atoms with van der Waals surface area (Å²) in [6.07, 6.45) is 2.67. The van der Waals surface area contributed by atoms with E-state index < -0.39 is 41.2 Å². The van der Waals surface area contributed by atoms with Crippen LogP contribution in [0.25, 0.3) is 0 Å². The molecule has 2 aliphatic rings. The van der Waals surface area contributed by atoms with Crippen LogP contribution in [-0.2, 0) is 22.4 Å². The molecule has 11 heteroatoms. The number of pyridine rings is 1. The van der Waals surface area contributed by atoms with Crippen molar-refractivity contribution in [3.05, 3.63) is 134 Å². The van der Waals surface area contributed by atoms with Crippen molar-refractivity contribution in [1.82, 2.24) is 14.9 Å². The molecular weight excluding hydrogens is 588 g/mol. The summed E-state index contributed by atoms with van der Waals surface area (Å²) in [6.45, 7) is 0.875. The van der Waals surface area contributed by atoms with Gasteiger partial charge in [-0.25, -0.2) is 0 Å². The first-order valence-electron chi connectivity index (χ1n) is 15.0. The van der Waals surface area contributed by atoms with Crippen molar-refractivity contribution in [3.63, 3.8) is 0 Å². The highest BCUT2D eigenvalue weighted by Gasteiger charge is 2.44. The third-order valence-corrected chi connectivity index (χ3v) is 8.47. The van der Waals surface area contributed by atoms with Crippen LogP contribution in [0, 0.1) is 0 Å². The Morgan fingerprint density at radius 3 is 2.22 bits per heavy atom. The van der Waals surface area contributed by atoms with Crippen molar-refractivity contribution >= 4 is 24.1 Å². The number of carbonyl (C=O) groups is 4. The zero-order valence-corrected chi connectivity index (χ0v) is 25.1. The van der Waals surface area contributed by atoms with Crippen molar-refractivity contribution in [2.75, 3.05) is 24.7 Å². The summed E-state index contributed by atoms with van der Waals surface area (Å²) in [5.74, 6) is -2.46. The monoisotopic (exact) mass is 620 g/mol. The minimum Gasteiger partial charge on any atom is -0.502 e. The molecule has 2 amide bonds. The van der Waals surface area contributed by atoms with Gasteiger partial charge in [-0.2, -0.15) is 0 Å².